The Labute approximate surface area is 104 Å². The van der Waals surface area contributed by atoms with E-state index in [9.17, 15) is 17.6 Å². The number of benzene rings is 1. The zero-order valence-electron chi connectivity index (χ0n) is 9.59. The van der Waals surface area contributed by atoms with E-state index >= 15 is 0 Å². The molecular weight excluding hydrogens is 261 g/mol. The summed E-state index contributed by atoms with van der Waals surface area (Å²) < 4.78 is 40.2. The molecule has 1 heterocycles. The Kier molecular flexibility index (Phi) is 3.25. The van der Waals surface area contributed by atoms with Crippen molar-refractivity contribution < 1.29 is 22.3 Å². The first-order chi connectivity index (χ1) is 8.41. The average Bonchev–Trinajstić information content (AvgIpc) is 2.69. The van der Waals surface area contributed by atoms with Gasteiger partial charge in [-0.2, -0.15) is 0 Å². The van der Waals surface area contributed by atoms with Crippen LogP contribution < -0.4 is 5.32 Å². The second-order valence-corrected chi connectivity index (χ2v) is 6.09. The first-order valence-corrected chi connectivity index (χ1v) is 7.14. The lowest BCUT2D eigenvalue weighted by atomic mass is 10.0. The minimum absolute atomic E-state index is 0.167. The van der Waals surface area contributed by atoms with Crippen molar-refractivity contribution in [2.75, 3.05) is 12.9 Å². The Morgan fingerprint density at radius 2 is 1.94 bits per heavy atom. The molecule has 98 valence electrons. The highest BCUT2D eigenvalue weighted by molar-refractivity contribution is 7.90. The molecule has 1 aromatic rings. The predicted molar refractivity (Wildman–Crippen MR) is 61.7 cm³/mol. The number of rotatable bonds is 3. The van der Waals surface area contributed by atoms with Crippen LogP contribution >= 0.6 is 0 Å². The van der Waals surface area contributed by atoms with E-state index in [1.165, 1.54) is 24.3 Å². The Balaban J connectivity index is 2.27. The Morgan fingerprint density at radius 1 is 1.33 bits per heavy atom. The summed E-state index contributed by atoms with van der Waals surface area (Å²) in [4.78, 5) is 11.2. The van der Waals surface area contributed by atoms with Gasteiger partial charge in [-0.3, -0.25) is 0 Å². The molecule has 0 radical (unpaired) electrons. The van der Waals surface area contributed by atoms with E-state index in [1.807, 2.05) is 0 Å². The minimum atomic E-state index is -3.27. The first kappa shape index (κ1) is 12.8. The van der Waals surface area contributed by atoms with E-state index in [-0.39, 0.29) is 4.90 Å². The number of alkyl carbamates (subject to hydrolysis) is 1. The van der Waals surface area contributed by atoms with Crippen LogP contribution in [0.15, 0.2) is 29.2 Å². The van der Waals surface area contributed by atoms with Crippen molar-refractivity contribution in [2.24, 2.45) is 0 Å². The van der Waals surface area contributed by atoms with E-state index in [0.717, 1.165) is 6.26 Å². The van der Waals surface area contributed by atoms with Crippen molar-refractivity contribution in [3.63, 3.8) is 0 Å². The van der Waals surface area contributed by atoms with Gasteiger partial charge in [0.05, 0.1) is 4.90 Å². The quantitative estimate of drug-likeness (QED) is 0.898. The molecule has 0 saturated carbocycles. The predicted octanol–water partition coefficient (Wildman–Crippen LogP) is 1.21. The summed E-state index contributed by atoms with van der Waals surface area (Å²) in [7, 11) is -3.27. The summed E-state index contributed by atoms with van der Waals surface area (Å²) in [5.74, 6) is 0. The fourth-order valence-electron chi connectivity index (χ4n) is 1.78. The molecule has 0 unspecified atom stereocenters. The highest BCUT2D eigenvalue weighted by atomic mass is 32.2. The van der Waals surface area contributed by atoms with Gasteiger partial charge in [-0.15, -0.1) is 0 Å². The molecule has 1 aliphatic rings. The lowest BCUT2D eigenvalue weighted by molar-refractivity contribution is 0.128. The lowest BCUT2D eigenvalue weighted by Gasteiger charge is -2.14. The van der Waals surface area contributed by atoms with Gasteiger partial charge in [-0.05, 0) is 17.7 Å². The van der Waals surface area contributed by atoms with Crippen LogP contribution in [-0.4, -0.2) is 33.5 Å². The molecule has 0 spiro atoms. The largest absolute Gasteiger partial charge is 0.439 e. The topological polar surface area (TPSA) is 72.5 Å². The van der Waals surface area contributed by atoms with Crippen LogP contribution in [0.1, 0.15) is 11.7 Å². The standard InChI is InChI=1S/C11H12FNO4S/c1-18(15,16)8-4-2-7(3-5-8)10-9(6-12)13-11(14)17-10/h2-5,9-10H,6H2,1H3,(H,13,14)/t9-,10+/m0/s1. The van der Waals surface area contributed by atoms with Gasteiger partial charge in [-0.1, -0.05) is 12.1 Å². The van der Waals surface area contributed by atoms with E-state index in [2.05, 4.69) is 5.32 Å². The number of sulfone groups is 1. The third-order valence-corrected chi connectivity index (χ3v) is 3.83. The minimum Gasteiger partial charge on any atom is -0.439 e. The molecule has 2 rings (SSSR count). The van der Waals surface area contributed by atoms with Crippen molar-refractivity contribution in [2.45, 2.75) is 17.0 Å². The fraction of sp³-hybridized carbons (Fsp3) is 0.364. The van der Waals surface area contributed by atoms with E-state index in [1.54, 1.807) is 0 Å². The number of halogens is 1. The van der Waals surface area contributed by atoms with E-state index in [0.29, 0.717) is 5.56 Å². The van der Waals surface area contributed by atoms with Gasteiger partial charge < -0.3 is 10.1 Å². The Morgan fingerprint density at radius 3 is 2.44 bits per heavy atom. The van der Waals surface area contributed by atoms with Crippen LogP contribution in [0.25, 0.3) is 0 Å². The molecule has 1 aliphatic heterocycles. The highest BCUT2D eigenvalue weighted by Crippen LogP contribution is 2.27. The van der Waals surface area contributed by atoms with Crippen molar-refractivity contribution in [3.05, 3.63) is 29.8 Å². The molecule has 0 aliphatic carbocycles. The molecule has 5 nitrogen and oxygen atoms in total. The molecule has 0 aromatic heterocycles. The van der Waals surface area contributed by atoms with E-state index in [4.69, 9.17) is 4.74 Å². The van der Waals surface area contributed by atoms with Crippen molar-refractivity contribution >= 4 is 15.9 Å². The summed E-state index contributed by atoms with van der Waals surface area (Å²) in [5, 5.41) is 2.34. The monoisotopic (exact) mass is 273 g/mol. The van der Waals surface area contributed by atoms with Crippen LogP contribution in [0.3, 0.4) is 0 Å². The number of amides is 1. The number of hydrogen-bond acceptors (Lipinski definition) is 4. The second-order valence-electron chi connectivity index (χ2n) is 4.07. The zero-order chi connectivity index (χ0) is 13.3. The van der Waals surface area contributed by atoms with Gasteiger partial charge in [0.15, 0.2) is 15.9 Å². The summed E-state index contributed by atoms with van der Waals surface area (Å²) >= 11 is 0. The van der Waals surface area contributed by atoms with Gasteiger partial charge in [0.1, 0.15) is 12.7 Å². The smallest absolute Gasteiger partial charge is 0.408 e. The number of cyclic esters (lactones) is 1. The van der Waals surface area contributed by atoms with Gasteiger partial charge in [-0.25, -0.2) is 17.6 Å². The number of carbonyl (C=O) groups excluding carboxylic acids is 1. The van der Waals surface area contributed by atoms with Crippen LogP contribution in [0, 0.1) is 0 Å². The van der Waals surface area contributed by atoms with Gasteiger partial charge in [0.25, 0.3) is 0 Å². The van der Waals surface area contributed by atoms with Crippen molar-refractivity contribution in [1.29, 1.82) is 0 Å². The molecule has 7 heteroatoms. The van der Waals surface area contributed by atoms with E-state index < -0.39 is 34.8 Å². The molecule has 2 atom stereocenters. The molecule has 0 bridgehead atoms. The normalized spacial score (nSPS) is 23.6. The third kappa shape index (κ3) is 2.45. The summed E-state index contributed by atoms with van der Waals surface area (Å²) in [6.07, 6.45) is -0.297. The Bertz CT molecular complexity index is 555. The number of hydrogen-bond donors (Lipinski definition) is 1. The maximum atomic E-state index is 12.7. The highest BCUT2D eigenvalue weighted by Gasteiger charge is 2.35. The summed E-state index contributed by atoms with van der Waals surface area (Å²) in [5.41, 5.74) is 0.559. The zero-order valence-corrected chi connectivity index (χ0v) is 10.4. The molecule has 18 heavy (non-hydrogen) atoms. The molecular formula is C11H12FNO4S. The van der Waals surface area contributed by atoms with Crippen LogP contribution in [0.2, 0.25) is 0 Å². The summed E-state index contributed by atoms with van der Waals surface area (Å²) in [6, 6.07) is 5.12. The molecule has 1 amide bonds. The van der Waals surface area contributed by atoms with Crippen LogP contribution in [-0.2, 0) is 14.6 Å². The molecule has 1 N–H and O–H groups in total. The summed E-state index contributed by atoms with van der Waals surface area (Å²) in [6.45, 7) is -0.746. The number of nitrogens with one attached hydrogen (secondary N) is 1. The number of alkyl halides is 1. The average molecular weight is 273 g/mol. The van der Waals surface area contributed by atoms with Crippen LogP contribution in [0.4, 0.5) is 9.18 Å². The SMILES string of the molecule is CS(=O)(=O)c1ccc([C@H]2OC(=O)N[C@H]2CF)cc1. The maximum absolute atomic E-state index is 12.7. The van der Waals surface area contributed by atoms with Gasteiger partial charge in [0, 0.05) is 6.26 Å². The van der Waals surface area contributed by atoms with Gasteiger partial charge >= 0.3 is 6.09 Å². The number of carbonyl (C=O) groups is 1. The molecule has 1 aromatic carbocycles. The Hall–Kier alpha value is -1.63. The van der Waals surface area contributed by atoms with Crippen molar-refractivity contribution in [1.82, 2.24) is 5.32 Å². The second kappa shape index (κ2) is 4.56. The molecule has 1 saturated heterocycles. The fourth-order valence-corrected chi connectivity index (χ4v) is 2.41. The number of ether oxygens (including phenoxy) is 1. The van der Waals surface area contributed by atoms with Crippen LogP contribution in [0.5, 0.6) is 0 Å². The first-order valence-electron chi connectivity index (χ1n) is 5.25. The lowest BCUT2D eigenvalue weighted by Crippen LogP contribution is -2.29. The molecule has 1 fully saturated rings. The van der Waals surface area contributed by atoms with Crippen molar-refractivity contribution in [3.8, 4) is 0 Å². The van der Waals surface area contributed by atoms with Gasteiger partial charge in [0.2, 0.25) is 0 Å². The maximum Gasteiger partial charge on any atom is 0.408 e. The third-order valence-electron chi connectivity index (χ3n) is 2.71.